The standard InChI is InChI=1S/C19H20N4O3/c1-23(2)18-9-12(7-8-20-18)15-11-16(22-19(24)21-15)14-6-5-13(25-3)10-17(14)26-4/h5-11H,1-4H3,(H,21,22,24). The molecule has 0 aliphatic rings. The van der Waals surface area contributed by atoms with Crippen LogP contribution in [0.5, 0.6) is 11.5 Å². The molecular weight excluding hydrogens is 332 g/mol. The van der Waals surface area contributed by atoms with Gasteiger partial charge in [-0.05, 0) is 30.3 Å². The first-order valence-electron chi connectivity index (χ1n) is 7.99. The van der Waals surface area contributed by atoms with Gasteiger partial charge in [0.05, 0.1) is 25.6 Å². The van der Waals surface area contributed by atoms with E-state index in [2.05, 4.69) is 15.0 Å². The Morgan fingerprint density at radius 1 is 1.04 bits per heavy atom. The Balaban J connectivity index is 2.12. The van der Waals surface area contributed by atoms with Crippen molar-refractivity contribution >= 4 is 5.82 Å². The third kappa shape index (κ3) is 3.51. The van der Waals surface area contributed by atoms with Gasteiger partial charge >= 0.3 is 5.69 Å². The highest BCUT2D eigenvalue weighted by molar-refractivity contribution is 5.73. The van der Waals surface area contributed by atoms with Crippen LogP contribution in [-0.4, -0.2) is 43.3 Å². The van der Waals surface area contributed by atoms with Crippen LogP contribution in [0.15, 0.2) is 47.4 Å². The van der Waals surface area contributed by atoms with E-state index >= 15 is 0 Å². The summed E-state index contributed by atoms with van der Waals surface area (Å²) in [4.78, 5) is 25.2. The van der Waals surface area contributed by atoms with E-state index in [0.29, 0.717) is 22.9 Å². The molecule has 3 rings (SSSR count). The fourth-order valence-electron chi connectivity index (χ4n) is 2.59. The number of pyridine rings is 1. The molecule has 1 N–H and O–H groups in total. The van der Waals surface area contributed by atoms with Crippen LogP contribution >= 0.6 is 0 Å². The van der Waals surface area contributed by atoms with E-state index in [0.717, 1.165) is 16.9 Å². The lowest BCUT2D eigenvalue weighted by Gasteiger charge is -2.13. The lowest BCUT2D eigenvalue weighted by atomic mass is 10.1. The van der Waals surface area contributed by atoms with Gasteiger partial charge in [0.25, 0.3) is 0 Å². The van der Waals surface area contributed by atoms with E-state index in [1.165, 1.54) is 0 Å². The number of nitrogens with one attached hydrogen (secondary N) is 1. The maximum atomic E-state index is 12.1. The lowest BCUT2D eigenvalue weighted by molar-refractivity contribution is 0.395. The lowest BCUT2D eigenvalue weighted by Crippen LogP contribution is -2.13. The summed E-state index contributed by atoms with van der Waals surface area (Å²) in [6.07, 6.45) is 1.70. The highest BCUT2D eigenvalue weighted by Crippen LogP contribution is 2.33. The van der Waals surface area contributed by atoms with E-state index in [1.54, 1.807) is 26.5 Å². The second kappa shape index (κ2) is 7.26. The van der Waals surface area contributed by atoms with E-state index in [4.69, 9.17) is 9.47 Å². The van der Waals surface area contributed by atoms with Crippen LogP contribution in [0, 0.1) is 0 Å². The van der Waals surface area contributed by atoms with Crippen molar-refractivity contribution in [3.63, 3.8) is 0 Å². The summed E-state index contributed by atoms with van der Waals surface area (Å²) in [5.74, 6) is 2.06. The fraction of sp³-hybridized carbons (Fsp3) is 0.211. The van der Waals surface area contributed by atoms with Crippen LogP contribution in [0.2, 0.25) is 0 Å². The monoisotopic (exact) mass is 352 g/mol. The number of aromatic amines is 1. The van der Waals surface area contributed by atoms with Gasteiger partial charge < -0.3 is 19.4 Å². The van der Waals surface area contributed by atoms with Crippen LogP contribution in [0.25, 0.3) is 22.5 Å². The third-order valence-corrected chi connectivity index (χ3v) is 3.94. The average Bonchev–Trinajstić information content (AvgIpc) is 2.67. The van der Waals surface area contributed by atoms with Crippen LogP contribution in [0.3, 0.4) is 0 Å². The van der Waals surface area contributed by atoms with Gasteiger partial charge in [0, 0.05) is 37.5 Å². The number of methoxy groups -OCH3 is 2. The molecule has 0 radical (unpaired) electrons. The number of rotatable bonds is 5. The summed E-state index contributed by atoms with van der Waals surface area (Å²) in [7, 11) is 6.98. The number of benzene rings is 1. The largest absolute Gasteiger partial charge is 0.497 e. The molecule has 0 saturated carbocycles. The topological polar surface area (TPSA) is 80.3 Å². The molecule has 0 aliphatic carbocycles. The Labute approximate surface area is 151 Å². The maximum absolute atomic E-state index is 12.1. The van der Waals surface area contributed by atoms with Gasteiger partial charge in [-0.15, -0.1) is 0 Å². The van der Waals surface area contributed by atoms with Gasteiger partial charge in [-0.2, -0.15) is 4.98 Å². The average molecular weight is 352 g/mol. The minimum atomic E-state index is -0.432. The number of ether oxygens (including phenoxy) is 2. The van der Waals surface area contributed by atoms with Crippen molar-refractivity contribution in [1.82, 2.24) is 15.0 Å². The van der Waals surface area contributed by atoms with Gasteiger partial charge in [0.1, 0.15) is 17.3 Å². The Morgan fingerprint density at radius 3 is 2.54 bits per heavy atom. The van der Waals surface area contributed by atoms with Gasteiger partial charge in [-0.3, -0.25) is 0 Å². The van der Waals surface area contributed by atoms with E-state index in [-0.39, 0.29) is 0 Å². The minimum absolute atomic E-state index is 0.432. The van der Waals surface area contributed by atoms with Crippen molar-refractivity contribution in [2.75, 3.05) is 33.2 Å². The first kappa shape index (κ1) is 17.5. The molecule has 2 aromatic heterocycles. The molecule has 7 heteroatoms. The Bertz CT molecular complexity index is 983. The van der Waals surface area contributed by atoms with Crippen LogP contribution in [-0.2, 0) is 0 Å². The Hall–Kier alpha value is -3.35. The number of hydrogen-bond acceptors (Lipinski definition) is 6. The van der Waals surface area contributed by atoms with E-state index in [9.17, 15) is 4.79 Å². The van der Waals surface area contributed by atoms with E-state index in [1.807, 2.05) is 49.3 Å². The summed E-state index contributed by atoms with van der Waals surface area (Å²) in [6.45, 7) is 0. The van der Waals surface area contributed by atoms with Gasteiger partial charge in [-0.1, -0.05) is 0 Å². The van der Waals surface area contributed by atoms with Crippen LogP contribution < -0.4 is 20.1 Å². The quantitative estimate of drug-likeness (QED) is 0.760. The molecule has 26 heavy (non-hydrogen) atoms. The minimum Gasteiger partial charge on any atom is -0.497 e. The first-order chi connectivity index (χ1) is 12.5. The maximum Gasteiger partial charge on any atom is 0.345 e. The summed E-state index contributed by atoms with van der Waals surface area (Å²) in [5, 5.41) is 0. The molecular formula is C19H20N4O3. The number of hydrogen-bond donors (Lipinski definition) is 1. The molecule has 3 aromatic rings. The van der Waals surface area contributed by atoms with Crippen LogP contribution in [0.1, 0.15) is 0 Å². The number of H-pyrrole nitrogens is 1. The molecule has 0 unspecified atom stereocenters. The molecule has 0 atom stereocenters. The van der Waals surface area contributed by atoms with E-state index < -0.39 is 5.69 Å². The molecule has 2 heterocycles. The van der Waals surface area contributed by atoms with Gasteiger partial charge in [0.2, 0.25) is 0 Å². The highest BCUT2D eigenvalue weighted by Gasteiger charge is 2.12. The van der Waals surface area contributed by atoms with Crippen molar-refractivity contribution in [2.45, 2.75) is 0 Å². The molecule has 134 valence electrons. The molecule has 0 spiro atoms. The summed E-state index contributed by atoms with van der Waals surface area (Å²) < 4.78 is 10.7. The summed E-state index contributed by atoms with van der Waals surface area (Å²) in [6, 6.07) is 10.9. The van der Waals surface area contributed by atoms with Gasteiger partial charge in [-0.25, -0.2) is 9.78 Å². The molecule has 0 amide bonds. The smallest absolute Gasteiger partial charge is 0.345 e. The Morgan fingerprint density at radius 2 is 1.85 bits per heavy atom. The second-order valence-electron chi connectivity index (χ2n) is 5.85. The zero-order chi connectivity index (χ0) is 18.7. The van der Waals surface area contributed by atoms with Crippen molar-refractivity contribution in [1.29, 1.82) is 0 Å². The molecule has 0 fully saturated rings. The van der Waals surface area contributed by atoms with Crippen molar-refractivity contribution in [3.8, 4) is 34.0 Å². The second-order valence-corrected chi connectivity index (χ2v) is 5.85. The number of anilines is 1. The molecule has 7 nitrogen and oxygen atoms in total. The molecule has 1 aromatic carbocycles. The predicted octanol–water partition coefficient (Wildman–Crippen LogP) is 2.58. The number of aromatic nitrogens is 3. The SMILES string of the molecule is COc1ccc(-c2cc(-c3ccnc(N(C)C)c3)nc(=O)[nH]2)c(OC)c1. The fourth-order valence-corrected chi connectivity index (χ4v) is 2.59. The molecule has 0 aliphatic heterocycles. The highest BCUT2D eigenvalue weighted by atomic mass is 16.5. The summed E-state index contributed by atoms with van der Waals surface area (Å²) in [5.41, 5.74) is 2.30. The van der Waals surface area contributed by atoms with Crippen molar-refractivity contribution < 1.29 is 9.47 Å². The predicted molar refractivity (Wildman–Crippen MR) is 101 cm³/mol. The summed E-state index contributed by atoms with van der Waals surface area (Å²) >= 11 is 0. The first-order valence-corrected chi connectivity index (χ1v) is 7.99. The number of nitrogens with zero attached hydrogens (tertiary/aromatic N) is 3. The zero-order valence-corrected chi connectivity index (χ0v) is 15.1. The van der Waals surface area contributed by atoms with Crippen LogP contribution in [0.4, 0.5) is 5.82 Å². The zero-order valence-electron chi connectivity index (χ0n) is 15.1. The van der Waals surface area contributed by atoms with Crippen molar-refractivity contribution in [3.05, 3.63) is 53.1 Å². The molecule has 0 saturated heterocycles. The molecule has 0 bridgehead atoms. The third-order valence-electron chi connectivity index (χ3n) is 3.94. The van der Waals surface area contributed by atoms with Crippen molar-refractivity contribution in [2.24, 2.45) is 0 Å². The normalized spacial score (nSPS) is 10.5. The van der Waals surface area contributed by atoms with Gasteiger partial charge in [0.15, 0.2) is 0 Å². The Kier molecular flexibility index (Phi) is 4.88.